The highest BCUT2D eigenvalue weighted by Gasteiger charge is 2.57. The predicted molar refractivity (Wildman–Crippen MR) is 179 cm³/mol. The quantitative estimate of drug-likeness (QED) is 0.197. The van der Waals surface area contributed by atoms with E-state index in [1.807, 2.05) is 48.2 Å². The predicted octanol–water partition coefficient (Wildman–Crippen LogP) is 6.92. The number of nitriles is 1. The molecule has 7 rings (SSSR count). The number of rotatable bonds is 7. The van der Waals surface area contributed by atoms with Gasteiger partial charge in [-0.15, -0.1) is 0 Å². The number of anilines is 1. The number of carbonyl (C=O) groups is 1. The van der Waals surface area contributed by atoms with Crippen molar-refractivity contribution < 1.29 is 22.7 Å². The molecule has 0 spiro atoms. The number of piperazine rings is 1. The zero-order chi connectivity index (χ0) is 33.8. The lowest BCUT2D eigenvalue weighted by molar-refractivity contribution is -0.128. The van der Waals surface area contributed by atoms with E-state index in [1.54, 1.807) is 15.9 Å². The maximum atomic E-state index is 17.0. The van der Waals surface area contributed by atoms with Gasteiger partial charge < -0.3 is 14.5 Å². The number of amides is 1. The molecule has 3 aliphatic heterocycles. The molecule has 1 amide bonds. The molecule has 12 heteroatoms. The van der Waals surface area contributed by atoms with Gasteiger partial charge in [0.05, 0.1) is 35.6 Å². The molecule has 0 aliphatic carbocycles. The number of fused-ring (bicyclic) bond motifs is 3. The molecule has 0 radical (unpaired) electrons. The van der Waals surface area contributed by atoms with Crippen LogP contribution in [0.1, 0.15) is 31.2 Å². The van der Waals surface area contributed by atoms with Gasteiger partial charge in [-0.2, -0.15) is 15.2 Å². The van der Waals surface area contributed by atoms with E-state index in [9.17, 15) is 18.8 Å². The van der Waals surface area contributed by atoms with Gasteiger partial charge in [-0.3, -0.25) is 9.69 Å². The van der Waals surface area contributed by atoms with Gasteiger partial charge in [0.15, 0.2) is 5.82 Å². The summed E-state index contributed by atoms with van der Waals surface area (Å²) in [5.74, 6) is -3.46. The second-order valence-corrected chi connectivity index (χ2v) is 13.4. The molecule has 3 fully saturated rings. The lowest BCUT2D eigenvalue weighted by Crippen LogP contribution is -2.55. The number of hydrogen-bond donors (Lipinski definition) is 0. The molecule has 0 unspecified atom stereocenters. The second-order valence-electron chi connectivity index (χ2n) is 13.0. The fourth-order valence-electron chi connectivity index (χ4n) is 7.86. The third-order valence-corrected chi connectivity index (χ3v) is 10.3. The Morgan fingerprint density at radius 3 is 2.77 bits per heavy atom. The first-order valence-corrected chi connectivity index (χ1v) is 16.4. The Hall–Kier alpha value is -4.40. The van der Waals surface area contributed by atoms with E-state index in [4.69, 9.17) is 21.3 Å². The molecule has 248 valence electrons. The number of ether oxygens (including phenoxy) is 1. The van der Waals surface area contributed by atoms with Crippen LogP contribution < -0.4 is 9.64 Å². The lowest BCUT2D eigenvalue weighted by Gasteiger charge is -2.41. The molecule has 4 aromatic rings. The third kappa shape index (κ3) is 5.51. The number of halogens is 4. The van der Waals surface area contributed by atoms with E-state index in [0.717, 1.165) is 22.8 Å². The molecule has 8 nitrogen and oxygen atoms in total. The Morgan fingerprint density at radius 2 is 2.00 bits per heavy atom. The largest absolute Gasteiger partial charge is 0.461 e. The summed E-state index contributed by atoms with van der Waals surface area (Å²) in [6, 6.07) is 14.6. The summed E-state index contributed by atoms with van der Waals surface area (Å²) in [5.41, 5.74) is 0.853. The van der Waals surface area contributed by atoms with E-state index in [0.29, 0.717) is 36.3 Å². The van der Waals surface area contributed by atoms with Gasteiger partial charge in [0.2, 0.25) is 5.91 Å². The summed E-state index contributed by atoms with van der Waals surface area (Å²) >= 11 is 6.91. The first-order valence-electron chi connectivity index (χ1n) is 16.0. The van der Waals surface area contributed by atoms with Gasteiger partial charge in [-0.25, -0.2) is 13.2 Å². The highest BCUT2D eigenvalue weighted by Crippen LogP contribution is 2.47. The van der Waals surface area contributed by atoms with Crippen LogP contribution in [0.25, 0.3) is 32.8 Å². The van der Waals surface area contributed by atoms with Crippen molar-refractivity contribution in [2.24, 2.45) is 0 Å². The topological polar surface area (TPSA) is 85.6 Å². The van der Waals surface area contributed by atoms with Crippen molar-refractivity contribution in [3.8, 4) is 23.2 Å². The Balaban J connectivity index is 1.36. The van der Waals surface area contributed by atoms with E-state index >= 15 is 4.39 Å². The van der Waals surface area contributed by atoms with Gasteiger partial charge in [0.1, 0.15) is 17.9 Å². The number of hydrogen-bond acceptors (Lipinski definition) is 7. The molecule has 0 bridgehead atoms. The molecule has 3 aromatic carbocycles. The maximum Gasteiger partial charge on any atom is 0.319 e. The van der Waals surface area contributed by atoms with Crippen LogP contribution in [0, 0.1) is 24.1 Å². The van der Waals surface area contributed by atoms with Crippen LogP contribution in [0.2, 0.25) is 5.02 Å². The average Bonchev–Trinajstić information content (AvgIpc) is 3.55. The first kappa shape index (κ1) is 32.2. The molecule has 0 saturated carbocycles. The summed E-state index contributed by atoms with van der Waals surface area (Å²) in [5, 5.41) is 11.8. The average molecular weight is 675 g/mol. The smallest absolute Gasteiger partial charge is 0.319 e. The highest BCUT2D eigenvalue weighted by molar-refractivity contribution is 6.35. The number of aryl methyl sites for hydroxylation is 1. The maximum absolute atomic E-state index is 17.0. The van der Waals surface area contributed by atoms with Crippen molar-refractivity contribution >= 4 is 45.0 Å². The molecular formula is C36H34ClF3N6O2. The third-order valence-electron chi connectivity index (χ3n) is 10.0. The fraction of sp³-hybridized carbons (Fsp3) is 0.389. The number of carbonyl (C=O) groups excluding carboxylic acids is 1. The van der Waals surface area contributed by atoms with Crippen LogP contribution in [-0.2, 0) is 4.79 Å². The van der Waals surface area contributed by atoms with Crippen molar-refractivity contribution in [3.63, 3.8) is 0 Å². The van der Waals surface area contributed by atoms with Crippen molar-refractivity contribution in [1.82, 2.24) is 19.8 Å². The van der Waals surface area contributed by atoms with Crippen molar-refractivity contribution in [2.75, 3.05) is 44.2 Å². The normalized spacial score (nSPS) is 22.2. The SMILES string of the molecule is C=CC(=O)N1CCN(c2nc(OC[C@@]34CCCN3CC(F)(F)C4)nc3c(F)c(-c4cccc5cccc(C)c45)c(Cl)cc23)C[C@@H]1CC#N. The van der Waals surface area contributed by atoms with E-state index < -0.39 is 23.3 Å². The summed E-state index contributed by atoms with van der Waals surface area (Å²) in [7, 11) is 0. The second kappa shape index (κ2) is 12.2. The van der Waals surface area contributed by atoms with Gasteiger partial charge in [-0.05, 0) is 60.4 Å². The van der Waals surface area contributed by atoms with Gasteiger partial charge in [0, 0.05) is 37.0 Å². The molecule has 4 heterocycles. The van der Waals surface area contributed by atoms with Gasteiger partial charge >= 0.3 is 6.01 Å². The Labute approximate surface area is 281 Å². The first-order chi connectivity index (χ1) is 23.0. The van der Waals surface area contributed by atoms with Gasteiger partial charge in [-0.1, -0.05) is 54.6 Å². The van der Waals surface area contributed by atoms with Crippen LogP contribution in [0.4, 0.5) is 19.0 Å². The lowest BCUT2D eigenvalue weighted by atomic mass is 9.94. The zero-order valence-electron chi connectivity index (χ0n) is 26.5. The van der Waals surface area contributed by atoms with Gasteiger partial charge in [0.25, 0.3) is 5.92 Å². The fourth-order valence-corrected chi connectivity index (χ4v) is 8.15. The number of aromatic nitrogens is 2. The Kier molecular flexibility index (Phi) is 8.20. The summed E-state index contributed by atoms with van der Waals surface area (Å²) < 4.78 is 52.2. The molecule has 3 aliphatic rings. The molecule has 2 atom stereocenters. The van der Waals surface area contributed by atoms with Crippen molar-refractivity contribution in [1.29, 1.82) is 5.26 Å². The highest BCUT2D eigenvalue weighted by atomic mass is 35.5. The molecular weight excluding hydrogens is 641 g/mol. The number of nitrogens with zero attached hydrogens (tertiary/aromatic N) is 6. The minimum Gasteiger partial charge on any atom is -0.461 e. The van der Waals surface area contributed by atoms with E-state index in [-0.39, 0.29) is 67.1 Å². The number of alkyl halides is 2. The Bertz CT molecular complexity index is 2000. The zero-order valence-corrected chi connectivity index (χ0v) is 27.2. The van der Waals surface area contributed by atoms with Crippen LogP contribution >= 0.6 is 11.6 Å². The summed E-state index contributed by atoms with van der Waals surface area (Å²) in [6.45, 7) is 6.52. The molecule has 0 N–H and O–H groups in total. The standard InChI is InChI=1S/C36H34ClF3N6O2/c1-3-28(47)46-16-15-44(18-24(46)11-13-41)33-26-17-27(37)30(25-10-5-9-23-8-4-7-22(2)29(23)25)31(38)32(26)42-34(43-33)48-21-35-12-6-14-45(35)20-36(39,40)19-35/h3-5,7-10,17,24H,1,6,11-12,14-16,18-21H2,2H3/t24-,35-/m0/s1. The van der Waals surface area contributed by atoms with Crippen LogP contribution in [0.3, 0.4) is 0 Å². The molecule has 3 saturated heterocycles. The molecule has 48 heavy (non-hydrogen) atoms. The summed E-state index contributed by atoms with van der Waals surface area (Å²) in [4.78, 5) is 27.1. The number of benzene rings is 3. The van der Waals surface area contributed by atoms with E-state index in [1.165, 1.54) is 6.08 Å². The summed E-state index contributed by atoms with van der Waals surface area (Å²) in [6.07, 6.45) is 2.28. The van der Waals surface area contributed by atoms with Crippen molar-refractivity contribution in [3.05, 3.63) is 71.5 Å². The minimum atomic E-state index is -2.83. The van der Waals surface area contributed by atoms with Crippen LogP contribution in [0.5, 0.6) is 6.01 Å². The minimum absolute atomic E-state index is 0.0288. The van der Waals surface area contributed by atoms with Crippen LogP contribution in [0.15, 0.2) is 55.1 Å². The molecule has 1 aromatic heterocycles. The monoisotopic (exact) mass is 674 g/mol. The van der Waals surface area contributed by atoms with Crippen molar-refractivity contribution in [2.45, 2.75) is 50.1 Å². The van der Waals surface area contributed by atoms with Crippen LogP contribution in [-0.4, -0.2) is 82.5 Å². The Morgan fingerprint density at radius 1 is 1.21 bits per heavy atom. The van der Waals surface area contributed by atoms with E-state index in [2.05, 4.69) is 17.6 Å².